The van der Waals surface area contributed by atoms with E-state index in [2.05, 4.69) is 44.2 Å². The van der Waals surface area contributed by atoms with Crippen LogP contribution in [0.1, 0.15) is 60.7 Å². The molecule has 192 valence electrons. The summed E-state index contributed by atoms with van der Waals surface area (Å²) in [7, 11) is 3.23. The monoisotopic (exact) mass is 491 g/mol. The van der Waals surface area contributed by atoms with Crippen LogP contribution in [0.5, 0.6) is 11.5 Å². The lowest BCUT2D eigenvalue weighted by Gasteiger charge is -2.40. The zero-order valence-electron chi connectivity index (χ0n) is 21.7. The fraction of sp³-hybridized carbons (Fsp3) is 0.433. The summed E-state index contributed by atoms with van der Waals surface area (Å²) in [5, 5.41) is 0. The highest BCUT2D eigenvalue weighted by Gasteiger charge is 2.34. The highest BCUT2D eigenvalue weighted by atomic mass is 16.5. The second-order valence-electron chi connectivity index (χ2n) is 10.1. The predicted molar refractivity (Wildman–Crippen MR) is 140 cm³/mol. The molecule has 0 spiro atoms. The summed E-state index contributed by atoms with van der Waals surface area (Å²) >= 11 is 0. The second kappa shape index (κ2) is 11.7. The first-order valence-electron chi connectivity index (χ1n) is 12.6. The first-order valence-corrected chi connectivity index (χ1v) is 12.6. The average Bonchev–Trinajstić information content (AvgIpc) is 3.43. The Labute approximate surface area is 214 Å². The summed E-state index contributed by atoms with van der Waals surface area (Å²) < 4.78 is 22.4. The minimum atomic E-state index is -0.140. The number of benzene rings is 2. The molecule has 0 aliphatic carbocycles. The molecule has 2 heterocycles. The number of carbonyl (C=O) groups is 1. The molecular weight excluding hydrogens is 454 g/mol. The van der Waals surface area contributed by atoms with Gasteiger partial charge >= 0.3 is 0 Å². The number of ether oxygens (including phenoxy) is 3. The number of furan rings is 1. The molecule has 4 rings (SSSR count). The Morgan fingerprint density at radius 1 is 1.06 bits per heavy atom. The van der Waals surface area contributed by atoms with E-state index in [0.29, 0.717) is 42.2 Å². The molecule has 1 amide bonds. The molecule has 1 aliphatic heterocycles. The molecule has 1 saturated heterocycles. The van der Waals surface area contributed by atoms with Crippen molar-refractivity contribution >= 4 is 5.91 Å². The molecule has 1 aliphatic rings. The van der Waals surface area contributed by atoms with Crippen LogP contribution in [0, 0.1) is 5.92 Å². The Morgan fingerprint density at radius 2 is 1.83 bits per heavy atom. The molecular formula is C30H37NO5. The number of hydrogen-bond acceptors (Lipinski definition) is 5. The van der Waals surface area contributed by atoms with Crippen LogP contribution in [-0.4, -0.2) is 43.8 Å². The van der Waals surface area contributed by atoms with Gasteiger partial charge in [0.05, 0.1) is 26.1 Å². The average molecular weight is 492 g/mol. The Bertz CT molecular complexity index is 1110. The van der Waals surface area contributed by atoms with Crippen LogP contribution in [-0.2, 0) is 11.3 Å². The van der Waals surface area contributed by atoms with Crippen LogP contribution >= 0.6 is 0 Å². The number of amides is 1. The van der Waals surface area contributed by atoms with Crippen LogP contribution in [0.2, 0.25) is 0 Å². The van der Waals surface area contributed by atoms with Gasteiger partial charge in [-0.3, -0.25) is 4.79 Å². The molecule has 3 aromatic rings. The van der Waals surface area contributed by atoms with Gasteiger partial charge in [-0.25, -0.2) is 0 Å². The van der Waals surface area contributed by atoms with Gasteiger partial charge in [0.25, 0.3) is 5.91 Å². The third-order valence-corrected chi connectivity index (χ3v) is 7.08. The van der Waals surface area contributed by atoms with E-state index >= 15 is 0 Å². The first kappa shape index (κ1) is 25.8. The molecule has 2 aromatic carbocycles. The maximum Gasteiger partial charge on any atom is 0.289 e. The second-order valence-corrected chi connectivity index (χ2v) is 10.1. The van der Waals surface area contributed by atoms with Crippen molar-refractivity contribution in [1.82, 2.24) is 4.90 Å². The van der Waals surface area contributed by atoms with E-state index in [0.717, 1.165) is 31.4 Å². The Hall–Kier alpha value is -3.25. The maximum absolute atomic E-state index is 13.5. The lowest BCUT2D eigenvalue weighted by Crippen LogP contribution is -2.38. The zero-order valence-corrected chi connectivity index (χ0v) is 21.7. The zero-order chi connectivity index (χ0) is 25.5. The molecule has 6 heteroatoms. The first-order chi connectivity index (χ1) is 17.4. The summed E-state index contributed by atoms with van der Waals surface area (Å²) in [6.07, 6.45) is 4.41. The third kappa shape index (κ3) is 6.30. The molecule has 0 N–H and O–H groups in total. The number of hydrogen-bond donors (Lipinski definition) is 0. The summed E-state index contributed by atoms with van der Waals surface area (Å²) in [6.45, 7) is 6.16. The molecule has 1 fully saturated rings. The number of nitrogens with zero attached hydrogens (tertiary/aromatic N) is 1. The molecule has 2 atom stereocenters. The van der Waals surface area contributed by atoms with E-state index in [4.69, 9.17) is 18.6 Å². The van der Waals surface area contributed by atoms with Gasteiger partial charge < -0.3 is 23.5 Å². The maximum atomic E-state index is 13.5. The largest absolute Gasteiger partial charge is 0.493 e. The van der Waals surface area contributed by atoms with Crippen molar-refractivity contribution in [3.8, 4) is 11.5 Å². The molecule has 0 saturated carbocycles. The van der Waals surface area contributed by atoms with Crippen LogP contribution < -0.4 is 9.47 Å². The Balaban J connectivity index is 1.58. The van der Waals surface area contributed by atoms with Gasteiger partial charge in [-0.15, -0.1) is 0 Å². The van der Waals surface area contributed by atoms with Gasteiger partial charge in [-0.05, 0) is 80.3 Å². The van der Waals surface area contributed by atoms with E-state index in [1.54, 1.807) is 32.6 Å². The number of methoxy groups -OCH3 is 2. The Morgan fingerprint density at radius 3 is 2.50 bits per heavy atom. The summed E-state index contributed by atoms with van der Waals surface area (Å²) in [4.78, 5) is 15.3. The Kier molecular flexibility index (Phi) is 8.36. The van der Waals surface area contributed by atoms with E-state index < -0.39 is 0 Å². The third-order valence-electron chi connectivity index (χ3n) is 7.08. The molecule has 0 unspecified atom stereocenters. The number of carbonyl (C=O) groups excluding carboxylic acids is 1. The SMILES string of the molecule is COc1ccc(CN(CC[C@@H](c2ccccc2)[C@@H]2CCOC(C)(C)C2)C(=O)c2ccco2)cc1OC. The lowest BCUT2D eigenvalue weighted by molar-refractivity contribution is -0.0774. The van der Waals surface area contributed by atoms with Gasteiger partial charge in [-0.1, -0.05) is 36.4 Å². The standard InChI is InChI=1S/C30H37NO5/c1-30(2)20-24(15-18-36-30)25(23-9-6-5-7-10-23)14-16-31(29(32)27-11-8-17-35-27)21-22-12-13-26(33-3)28(19-22)34-4/h5-13,17,19,24-25H,14-16,18,20-21H2,1-4H3/t24-,25+/m1/s1. The normalized spacial score (nSPS) is 17.8. The highest BCUT2D eigenvalue weighted by molar-refractivity contribution is 5.91. The minimum Gasteiger partial charge on any atom is -0.493 e. The minimum absolute atomic E-state index is 0.117. The van der Waals surface area contributed by atoms with Crippen molar-refractivity contribution in [2.24, 2.45) is 5.92 Å². The fourth-order valence-corrected chi connectivity index (χ4v) is 5.30. The van der Waals surface area contributed by atoms with Crippen LogP contribution in [0.4, 0.5) is 0 Å². The lowest BCUT2D eigenvalue weighted by atomic mass is 9.75. The molecule has 0 radical (unpaired) electrons. The van der Waals surface area contributed by atoms with Crippen LogP contribution in [0.3, 0.4) is 0 Å². The predicted octanol–water partition coefficient (Wildman–Crippen LogP) is 6.32. The van der Waals surface area contributed by atoms with Crippen molar-refractivity contribution in [3.05, 3.63) is 83.8 Å². The van der Waals surface area contributed by atoms with Gasteiger partial charge in [0.2, 0.25) is 0 Å². The van der Waals surface area contributed by atoms with E-state index in [1.165, 1.54) is 5.56 Å². The van der Waals surface area contributed by atoms with E-state index in [-0.39, 0.29) is 11.5 Å². The van der Waals surface area contributed by atoms with Crippen molar-refractivity contribution in [3.63, 3.8) is 0 Å². The van der Waals surface area contributed by atoms with Crippen LogP contribution in [0.15, 0.2) is 71.3 Å². The van der Waals surface area contributed by atoms with Gasteiger partial charge in [-0.2, -0.15) is 0 Å². The summed E-state index contributed by atoms with van der Waals surface area (Å²) in [6, 6.07) is 19.9. The quantitative estimate of drug-likeness (QED) is 0.332. The van der Waals surface area contributed by atoms with Crippen molar-refractivity contribution < 1.29 is 23.4 Å². The molecule has 1 aromatic heterocycles. The van der Waals surface area contributed by atoms with Gasteiger partial charge in [0.15, 0.2) is 17.3 Å². The highest BCUT2D eigenvalue weighted by Crippen LogP contribution is 2.40. The van der Waals surface area contributed by atoms with Gasteiger partial charge in [0, 0.05) is 19.7 Å². The number of rotatable bonds is 10. The summed E-state index contributed by atoms with van der Waals surface area (Å²) in [5.74, 6) is 2.35. The topological polar surface area (TPSA) is 61.1 Å². The van der Waals surface area contributed by atoms with Crippen molar-refractivity contribution in [2.45, 2.75) is 51.2 Å². The fourth-order valence-electron chi connectivity index (χ4n) is 5.30. The molecule has 6 nitrogen and oxygen atoms in total. The van der Waals surface area contributed by atoms with Crippen molar-refractivity contribution in [2.75, 3.05) is 27.4 Å². The summed E-state index contributed by atoms with van der Waals surface area (Å²) in [5.41, 5.74) is 2.15. The van der Waals surface area contributed by atoms with Crippen molar-refractivity contribution in [1.29, 1.82) is 0 Å². The molecule has 36 heavy (non-hydrogen) atoms. The van der Waals surface area contributed by atoms with E-state index in [1.807, 2.05) is 23.1 Å². The van der Waals surface area contributed by atoms with E-state index in [9.17, 15) is 4.79 Å². The smallest absolute Gasteiger partial charge is 0.289 e. The van der Waals surface area contributed by atoms with Gasteiger partial charge in [0.1, 0.15) is 0 Å². The van der Waals surface area contributed by atoms with Crippen LogP contribution in [0.25, 0.3) is 0 Å². The molecule has 0 bridgehead atoms.